The van der Waals surface area contributed by atoms with E-state index in [2.05, 4.69) is 88.9 Å². The monoisotopic (exact) mass is 361 g/mol. The minimum absolute atomic E-state index is 0.620. The summed E-state index contributed by atoms with van der Waals surface area (Å²) in [6.45, 7) is 3.55. The lowest BCUT2D eigenvalue weighted by molar-refractivity contribution is 0.877. The van der Waals surface area contributed by atoms with Crippen LogP contribution >= 0.6 is 22.6 Å². The van der Waals surface area contributed by atoms with Gasteiger partial charge in [0, 0.05) is 15.8 Å². The molecule has 0 N–H and O–H groups in total. The minimum atomic E-state index is 0.620. The Morgan fingerprint density at radius 2 is 1.68 bits per heavy atom. The molecule has 0 bridgehead atoms. The van der Waals surface area contributed by atoms with Crippen molar-refractivity contribution < 1.29 is 0 Å². The lowest BCUT2D eigenvalue weighted by Gasteiger charge is -2.22. The van der Waals surface area contributed by atoms with Crippen LogP contribution in [0.3, 0.4) is 0 Å². The van der Waals surface area contributed by atoms with Gasteiger partial charge in [-0.1, -0.05) is 35.7 Å². The zero-order chi connectivity index (χ0) is 13.7. The molecular weight excluding hydrogens is 345 g/mol. The molecule has 0 spiro atoms. The molecule has 19 heavy (non-hydrogen) atoms. The molecule has 0 aromatic heterocycles. The van der Waals surface area contributed by atoms with E-state index in [1.165, 1.54) is 20.4 Å². The second-order valence-electron chi connectivity index (χ2n) is 4.52. The Labute approximate surface area is 128 Å². The molecule has 0 atom stereocenters. The molecule has 0 heterocycles. The number of terminal acetylenes is 1. The van der Waals surface area contributed by atoms with Crippen molar-refractivity contribution in [3.05, 3.63) is 63.2 Å². The largest absolute Gasteiger partial charge is 0.356 e. The Morgan fingerprint density at radius 3 is 2.26 bits per heavy atom. The average Bonchev–Trinajstić information content (AvgIpc) is 2.42. The fourth-order valence-corrected chi connectivity index (χ4v) is 2.27. The molecule has 2 rings (SSSR count). The number of nitrogens with zero attached hydrogens (tertiary/aromatic N) is 1. The Morgan fingerprint density at radius 1 is 1.05 bits per heavy atom. The maximum atomic E-state index is 5.48. The standard InChI is InChI=1S/C17H16IN/c1-3-12-19(17-10-4-14(2)5-11-17)13-15-6-8-16(18)9-7-15/h1,4-11H,12-13H2,2H3. The molecule has 2 heteroatoms. The third kappa shape index (κ3) is 4.00. The first kappa shape index (κ1) is 14.0. The lowest BCUT2D eigenvalue weighted by Crippen LogP contribution is -2.22. The molecule has 0 amide bonds. The first-order valence-corrected chi connectivity index (χ1v) is 7.26. The van der Waals surface area contributed by atoms with Gasteiger partial charge in [0.15, 0.2) is 0 Å². The van der Waals surface area contributed by atoms with Gasteiger partial charge in [0.2, 0.25) is 0 Å². The molecule has 96 valence electrons. The highest BCUT2D eigenvalue weighted by molar-refractivity contribution is 14.1. The van der Waals surface area contributed by atoms with Gasteiger partial charge in [0.05, 0.1) is 6.54 Å². The van der Waals surface area contributed by atoms with Gasteiger partial charge in [0.25, 0.3) is 0 Å². The van der Waals surface area contributed by atoms with Crippen LogP contribution in [0.25, 0.3) is 0 Å². The number of hydrogen-bond acceptors (Lipinski definition) is 1. The van der Waals surface area contributed by atoms with E-state index < -0.39 is 0 Å². The highest BCUT2D eigenvalue weighted by Crippen LogP contribution is 2.18. The average molecular weight is 361 g/mol. The smallest absolute Gasteiger partial charge is 0.0795 e. The number of anilines is 1. The summed E-state index contributed by atoms with van der Waals surface area (Å²) in [6.07, 6.45) is 5.48. The van der Waals surface area contributed by atoms with Crippen molar-refractivity contribution in [2.75, 3.05) is 11.4 Å². The highest BCUT2D eigenvalue weighted by Gasteiger charge is 2.06. The van der Waals surface area contributed by atoms with Gasteiger partial charge in [-0.15, -0.1) is 6.42 Å². The maximum absolute atomic E-state index is 5.48. The number of rotatable bonds is 4. The Bertz CT molecular complexity index is 564. The minimum Gasteiger partial charge on any atom is -0.356 e. The second-order valence-corrected chi connectivity index (χ2v) is 5.77. The summed E-state index contributed by atoms with van der Waals surface area (Å²) in [5.41, 5.74) is 3.71. The first-order valence-electron chi connectivity index (χ1n) is 6.18. The van der Waals surface area contributed by atoms with E-state index in [9.17, 15) is 0 Å². The number of halogens is 1. The van der Waals surface area contributed by atoms with Crippen LogP contribution in [0.1, 0.15) is 11.1 Å². The van der Waals surface area contributed by atoms with E-state index in [-0.39, 0.29) is 0 Å². The van der Waals surface area contributed by atoms with E-state index in [4.69, 9.17) is 6.42 Å². The zero-order valence-electron chi connectivity index (χ0n) is 10.9. The number of aryl methyl sites for hydroxylation is 1. The van der Waals surface area contributed by atoms with Crippen LogP contribution in [0.5, 0.6) is 0 Å². The van der Waals surface area contributed by atoms with Crippen LogP contribution in [-0.4, -0.2) is 6.54 Å². The third-order valence-electron chi connectivity index (χ3n) is 2.97. The van der Waals surface area contributed by atoms with Crippen LogP contribution in [0.4, 0.5) is 5.69 Å². The van der Waals surface area contributed by atoms with E-state index >= 15 is 0 Å². The molecule has 1 nitrogen and oxygen atoms in total. The molecule has 0 aliphatic rings. The molecule has 0 aliphatic carbocycles. The summed E-state index contributed by atoms with van der Waals surface area (Å²) in [4.78, 5) is 2.21. The van der Waals surface area contributed by atoms with Gasteiger partial charge in [-0.3, -0.25) is 0 Å². The quantitative estimate of drug-likeness (QED) is 0.582. The number of benzene rings is 2. The SMILES string of the molecule is C#CCN(Cc1ccc(I)cc1)c1ccc(C)cc1. The van der Waals surface area contributed by atoms with Crippen LogP contribution in [0.15, 0.2) is 48.5 Å². The van der Waals surface area contributed by atoms with Gasteiger partial charge >= 0.3 is 0 Å². The maximum Gasteiger partial charge on any atom is 0.0795 e. The van der Waals surface area contributed by atoms with Crippen molar-refractivity contribution in [3.8, 4) is 12.3 Å². The first-order chi connectivity index (χ1) is 9.19. The van der Waals surface area contributed by atoms with Crippen LogP contribution in [-0.2, 0) is 6.54 Å². The highest BCUT2D eigenvalue weighted by atomic mass is 127. The summed E-state index contributed by atoms with van der Waals surface area (Å²) >= 11 is 2.32. The summed E-state index contributed by atoms with van der Waals surface area (Å²) in [6, 6.07) is 17.0. The molecule has 0 saturated carbocycles. The topological polar surface area (TPSA) is 3.24 Å². The molecule has 0 aliphatic heterocycles. The molecule has 0 unspecified atom stereocenters. The Kier molecular flexibility index (Phi) is 4.86. The van der Waals surface area contributed by atoms with E-state index in [1.54, 1.807) is 0 Å². The molecule has 0 radical (unpaired) electrons. The van der Waals surface area contributed by atoms with Crippen LogP contribution < -0.4 is 4.90 Å². The fourth-order valence-electron chi connectivity index (χ4n) is 1.91. The molecule has 0 saturated heterocycles. The van der Waals surface area contributed by atoms with Crippen molar-refractivity contribution in [2.24, 2.45) is 0 Å². The van der Waals surface area contributed by atoms with E-state index in [0.717, 1.165) is 6.54 Å². The van der Waals surface area contributed by atoms with Crippen LogP contribution in [0.2, 0.25) is 0 Å². The molecule has 2 aromatic carbocycles. The zero-order valence-corrected chi connectivity index (χ0v) is 13.1. The van der Waals surface area contributed by atoms with Gasteiger partial charge < -0.3 is 4.90 Å². The Balaban J connectivity index is 2.18. The fraction of sp³-hybridized carbons (Fsp3) is 0.176. The normalized spacial score (nSPS) is 9.95. The summed E-state index contributed by atoms with van der Waals surface area (Å²) in [7, 11) is 0. The van der Waals surface area contributed by atoms with E-state index in [0.29, 0.717) is 6.54 Å². The predicted molar refractivity (Wildman–Crippen MR) is 90.2 cm³/mol. The van der Waals surface area contributed by atoms with Gasteiger partial charge in [-0.25, -0.2) is 0 Å². The van der Waals surface area contributed by atoms with Gasteiger partial charge in [-0.2, -0.15) is 0 Å². The van der Waals surface area contributed by atoms with Gasteiger partial charge in [-0.05, 0) is 59.3 Å². The van der Waals surface area contributed by atoms with Crippen molar-refractivity contribution in [1.29, 1.82) is 0 Å². The second kappa shape index (κ2) is 6.63. The predicted octanol–water partition coefficient (Wildman–Crippen LogP) is 4.24. The van der Waals surface area contributed by atoms with Crippen molar-refractivity contribution in [2.45, 2.75) is 13.5 Å². The van der Waals surface area contributed by atoms with Crippen molar-refractivity contribution in [3.63, 3.8) is 0 Å². The van der Waals surface area contributed by atoms with E-state index in [1.807, 2.05) is 0 Å². The Hall–Kier alpha value is -1.47. The molecule has 0 fully saturated rings. The summed E-state index contributed by atoms with van der Waals surface area (Å²) in [5, 5.41) is 0. The summed E-state index contributed by atoms with van der Waals surface area (Å²) < 4.78 is 1.25. The molecule has 2 aromatic rings. The van der Waals surface area contributed by atoms with Gasteiger partial charge in [0.1, 0.15) is 0 Å². The van der Waals surface area contributed by atoms with Crippen molar-refractivity contribution >= 4 is 28.3 Å². The third-order valence-corrected chi connectivity index (χ3v) is 3.69. The number of hydrogen-bond donors (Lipinski definition) is 0. The molecular formula is C17H16IN. The summed E-state index contributed by atoms with van der Waals surface area (Å²) in [5.74, 6) is 2.74. The lowest BCUT2D eigenvalue weighted by atomic mass is 10.1. The van der Waals surface area contributed by atoms with Crippen LogP contribution in [0, 0.1) is 22.8 Å². The van der Waals surface area contributed by atoms with Crippen molar-refractivity contribution in [1.82, 2.24) is 0 Å².